The van der Waals surface area contributed by atoms with Crippen molar-refractivity contribution in [2.75, 3.05) is 18.4 Å². The number of nitrogens with zero attached hydrogens (tertiary/aromatic N) is 6. The van der Waals surface area contributed by atoms with Gasteiger partial charge in [-0.25, -0.2) is 9.97 Å². The fourth-order valence-electron chi connectivity index (χ4n) is 3.77. The van der Waals surface area contributed by atoms with E-state index in [9.17, 15) is 0 Å². The van der Waals surface area contributed by atoms with Crippen molar-refractivity contribution < 1.29 is 0 Å². The zero-order valence-electron chi connectivity index (χ0n) is 17.9. The van der Waals surface area contributed by atoms with Gasteiger partial charge < -0.3 is 10.6 Å². The molecule has 1 saturated heterocycles. The molecule has 1 unspecified atom stereocenters. The highest BCUT2D eigenvalue weighted by Gasteiger charge is 2.19. The Morgan fingerprint density at radius 3 is 2.75 bits per heavy atom. The van der Waals surface area contributed by atoms with Crippen LogP contribution in [-0.2, 0) is 7.05 Å². The van der Waals surface area contributed by atoms with Gasteiger partial charge in [0.25, 0.3) is 0 Å². The summed E-state index contributed by atoms with van der Waals surface area (Å²) in [4.78, 5) is 9.61. The quantitative estimate of drug-likeness (QED) is 0.458. The van der Waals surface area contributed by atoms with Crippen LogP contribution in [0.25, 0.3) is 33.1 Å². The van der Waals surface area contributed by atoms with Gasteiger partial charge in [-0.05, 0) is 37.9 Å². The number of hydrogen-bond donors (Lipinski definition) is 2. The Hall–Kier alpha value is -2.88. The van der Waals surface area contributed by atoms with Crippen molar-refractivity contribution in [1.82, 2.24) is 35.3 Å². The molecular weight excluding hydrogens is 444 g/mol. The number of benzene rings is 1. The molecule has 4 aromatic rings. The summed E-state index contributed by atoms with van der Waals surface area (Å²) < 4.78 is 1.80. The van der Waals surface area contributed by atoms with Crippen LogP contribution in [0.3, 0.4) is 0 Å². The Labute approximate surface area is 196 Å². The lowest BCUT2D eigenvalue weighted by atomic mass is 10.1. The minimum atomic E-state index is 0. The number of aryl methyl sites for hydroxylation is 2. The maximum absolute atomic E-state index is 4.93. The van der Waals surface area contributed by atoms with E-state index in [2.05, 4.69) is 43.0 Å². The first-order chi connectivity index (χ1) is 15.2. The summed E-state index contributed by atoms with van der Waals surface area (Å²) in [6, 6.07) is 8.57. The summed E-state index contributed by atoms with van der Waals surface area (Å²) >= 11 is 1.55. The van der Waals surface area contributed by atoms with Gasteiger partial charge in [-0.2, -0.15) is 5.10 Å². The standard InChI is InChI=1S/C22H24N8S.ClH/c1-14-28-29-22(31-14)19-12-24-20(27-21(19)26-18-7-4-8-23-11-18)16-6-3-5-15(9-16)17-10-25-30(2)13-17;/h3,5-6,9-10,12-13,18,23H,4,7-8,11H2,1-2H3,(H,24,26,27);1H. The summed E-state index contributed by atoms with van der Waals surface area (Å²) in [7, 11) is 1.92. The molecule has 5 rings (SSSR count). The van der Waals surface area contributed by atoms with Gasteiger partial charge in [0.15, 0.2) is 10.8 Å². The Morgan fingerprint density at radius 2 is 2.03 bits per heavy atom. The maximum atomic E-state index is 4.93. The first-order valence-electron chi connectivity index (χ1n) is 10.4. The van der Waals surface area contributed by atoms with E-state index in [1.54, 1.807) is 16.0 Å². The van der Waals surface area contributed by atoms with Crippen LogP contribution < -0.4 is 10.6 Å². The molecule has 1 fully saturated rings. The van der Waals surface area contributed by atoms with Crippen molar-refractivity contribution >= 4 is 29.6 Å². The fourth-order valence-corrected chi connectivity index (χ4v) is 4.47. The third-order valence-corrected chi connectivity index (χ3v) is 6.21. The number of hydrogen-bond acceptors (Lipinski definition) is 8. The molecule has 1 aliphatic heterocycles. The molecule has 0 saturated carbocycles. The lowest BCUT2D eigenvalue weighted by molar-refractivity contribution is 0.479. The fraction of sp³-hybridized carbons (Fsp3) is 0.318. The monoisotopic (exact) mass is 468 g/mol. The van der Waals surface area contributed by atoms with Gasteiger partial charge >= 0.3 is 0 Å². The van der Waals surface area contributed by atoms with Gasteiger partial charge in [0.1, 0.15) is 10.8 Å². The number of piperidine rings is 1. The van der Waals surface area contributed by atoms with E-state index in [0.717, 1.165) is 64.0 Å². The lowest BCUT2D eigenvalue weighted by Gasteiger charge is -2.25. The smallest absolute Gasteiger partial charge is 0.161 e. The second-order valence-corrected chi connectivity index (χ2v) is 8.93. The first-order valence-corrected chi connectivity index (χ1v) is 11.2. The highest BCUT2D eigenvalue weighted by Crippen LogP contribution is 2.32. The predicted molar refractivity (Wildman–Crippen MR) is 130 cm³/mol. The predicted octanol–water partition coefficient (Wildman–Crippen LogP) is 3.96. The van der Waals surface area contributed by atoms with Gasteiger partial charge in [-0.1, -0.05) is 29.5 Å². The van der Waals surface area contributed by atoms with E-state index in [4.69, 9.17) is 4.98 Å². The second-order valence-electron chi connectivity index (χ2n) is 7.75. The number of aromatic nitrogens is 6. The molecular formula is C22H25ClN8S. The van der Waals surface area contributed by atoms with Crippen molar-refractivity contribution in [2.45, 2.75) is 25.8 Å². The van der Waals surface area contributed by atoms with E-state index in [1.807, 2.05) is 44.7 Å². The number of anilines is 1. The minimum absolute atomic E-state index is 0. The number of rotatable bonds is 5. The van der Waals surface area contributed by atoms with Crippen LogP contribution in [0.2, 0.25) is 0 Å². The third kappa shape index (κ3) is 4.79. The largest absolute Gasteiger partial charge is 0.365 e. The molecule has 0 radical (unpaired) electrons. The molecule has 2 N–H and O–H groups in total. The average Bonchev–Trinajstić information content (AvgIpc) is 3.43. The zero-order valence-corrected chi connectivity index (χ0v) is 19.6. The maximum Gasteiger partial charge on any atom is 0.161 e. The van der Waals surface area contributed by atoms with Gasteiger partial charge in [0.05, 0.1) is 11.8 Å². The molecule has 1 atom stereocenters. The minimum Gasteiger partial charge on any atom is -0.365 e. The number of halogens is 1. The normalized spacial score (nSPS) is 15.9. The van der Waals surface area contributed by atoms with Crippen LogP contribution in [-0.4, -0.2) is 49.1 Å². The Morgan fingerprint density at radius 1 is 1.16 bits per heavy atom. The summed E-state index contributed by atoms with van der Waals surface area (Å²) in [5.41, 5.74) is 4.01. The summed E-state index contributed by atoms with van der Waals surface area (Å²) in [5.74, 6) is 1.49. The van der Waals surface area contributed by atoms with Gasteiger partial charge in [-0.15, -0.1) is 22.6 Å². The van der Waals surface area contributed by atoms with Gasteiger partial charge in [0, 0.05) is 43.2 Å². The van der Waals surface area contributed by atoms with E-state index in [1.165, 1.54) is 0 Å². The van der Waals surface area contributed by atoms with Gasteiger partial charge in [0.2, 0.25) is 0 Å². The zero-order chi connectivity index (χ0) is 21.2. The molecule has 8 nitrogen and oxygen atoms in total. The SMILES string of the molecule is Cc1nnc(-c2cnc(-c3cccc(-c4cnn(C)c4)c3)nc2NC2CCCNC2)s1.Cl. The molecule has 10 heteroatoms. The summed E-state index contributed by atoms with van der Waals surface area (Å²) in [6.07, 6.45) is 7.99. The van der Waals surface area contributed by atoms with Crippen molar-refractivity contribution in [1.29, 1.82) is 0 Å². The molecule has 0 bridgehead atoms. The molecule has 4 heterocycles. The first kappa shape index (κ1) is 22.3. The molecule has 1 aliphatic rings. The Bertz CT molecular complexity index is 1200. The van der Waals surface area contributed by atoms with Crippen LogP contribution in [0, 0.1) is 6.92 Å². The van der Waals surface area contributed by atoms with E-state index < -0.39 is 0 Å². The molecule has 0 aliphatic carbocycles. The van der Waals surface area contributed by atoms with Crippen LogP contribution in [0.1, 0.15) is 17.8 Å². The lowest BCUT2D eigenvalue weighted by Crippen LogP contribution is -2.38. The van der Waals surface area contributed by atoms with E-state index >= 15 is 0 Å². The van der Waals surface area contributed by atoms with Crippen molar-refractivity contribution in [2.24, 2.45) is 7.05 Å². The van der Waals surface area contributed by atoms with Crippen LogP contribution >= 0.6 is 23.7 Å². The average molecular weight is 469 g/mol. The summed E-state index contributed by atoms with van der Waals surface area (Å²) in [5, 5.41) is 21.6. The molecule has 0 amide bonds. The highest BCUT2D eigenvalue weighted by molar-refractivity contribution is 7.14. The number of nitrogens with one attached hydrogen (secondary N) is 2. The molecule has 1 aromatic carbocycles. The van der Waals surface area contributed by atoms with Crippen LogP contribution in [0.5, 0.6) is 0 Å². The highest BCUT2D eigenvalue weighted by atomic mass is 35.5. The van der Waals surface area contributed by atoms with Crippen LogP contribution in [0.4, 0.5) is 5.82 Å². The molecule has 32 heavy (non-hydrogen) atoms. The molecule has 166 valence electrons. The van der Waals surface area contributed by atoms with Crippen molar-refractivity contribution in [3.8, 4) is 33.1 Å². The molecule has 3 aromatic heterocycles. The van der Waals surface area contributed by atoms with E-state index in [-0.39, 0.29) is 12.4 Å². The van der Waals surface area contributed by atoms with E-state index in [0.29, 0.717) is 11.9 Å². The van der Waals surface area contributed by atoms with Gasteiger partial charge in [-0.3, -0.25) is 4.68 Å². The topological polar surface area (TPSA) is 93.4 Å². The summed E-state index contributed by atoms with van der Waals surface area (Å²) in [6.45, 7) is 3.94. The molecule has 0 spiro atoms. The van der Waals surface area contributed by atoms with Crippen molar-refractivity contribution in [3.63, 3.8) is 0 Å². The Balaban J connectivity index is 0.00000245. The van der Waals surface area contributed by atoms with Crippen molar-refractivity contribution in [3.05, 3.63) is 47.9 Å². The Kier molecular flexibility index (Phi) is 6.78. The second kappa shape index (κ2) is 9.72. The third-order valence-electron chi connectivity index (χ3n) is 5.34. The van der Waals surface area contributed by atoms with Crippen LogP contribution in [0.15, 0.2) is 42.9 Å².